The van der Waals surface area contributed by atoms with E-state index in [1.165, 1.54) is 5.75 Å². The van der Waals surface area contributed by atoms with Gasteiger partial charge in [-0.3, -0.25) is 0 Å². The fourth-order valence-corrected chi connectivity index (χ4v) is 2.66. The zero-order valence-electron chi connectivity index (χ0n) is 10.4. The number of thioether (sulfide) groups is 1. The number of aromatic nitrogens is 2. The molecule has 2 aromatic rings. The Morgan fingerprint density at radius 1 is 1.41 bits per heavy atom. The Morgan fingerprint density at radius 3 is 3.00 bits per heavy atom. The van der Waals surface area contributed by atoms with Gasteiger partial charge in [-0.25, -0.2) is 4.98 Å². The van der Waals surface area contributed by atoms with Crippen LogP contribution in [0.4, 0.5) is 5.69 Å². The molecule has 17 heavy (non-hydrogen) atoms. The Kier molecular flexibility index (Phi) is 3.94. The molecule has 3 nitrogen and oxygen atoms in total. The van der Waals surface area contributed by atoms with E-state index in [1.54, 1.807) is 0 Å². The van der Waals surface area contributed by atoms with E-state index in [0.717, 1.165) is 40.6 Å². The summed E-state index contributed by atoms with van der Waals surface area (Å²) in [5, 5.41) is 0. The SMILES string of the molecule is CC(C)CSCCc1nc2ccc(N)cc2[nH]1. The second-order valence-corrected chi connectivity index (χ2v) is 5.83. The molecule has 0 aliphatic heterocycles. The van der Waals surface area contributed by atoms with Crippen LogP contribution >= 0.6 is 11.8 Å². The molecule has 92 valence electrons. The summed E-state index contributed by atoms with van der Waals surface area (Å²) in [5.41, 5.74) is 8.55. The molecule has 0 unspecified atom stereocenters. The van der Waals surface area contributed by atoms with Gasteiger partial charge in [0.1, 0.15) is 5.82 Å². The van der Waals surface area contributed by atoms with Crippen molar-refractivity contribution in [2.75, 3.05) is 17.2 Å². The molecule has 0 saturated carbocycles. The second-order valence-electron chi connectivity index (χ2n) is 4.68. The average molecular weight is 249 g/mol. The minimum absolute atomic E-state index is 0.760. The summed E-state index contributed by atoms with van der Waals surface area (Å²) in [5.74, 6) is 4.15. The van der Waals surface area contributed by atoms with E-state index in [1.807, 2.05) is 30.0 Å². The molecule has 1 heterocycles. The molecule has 0 atom stereocenters. The molecule has 0 spiro atoms. The Labute approximate surface area is 106 Å². The summed E-state index contributed by atoms with van der Waals surface area (Å²) in [6.07, 6.45) is 0.992. The van der Waals surface area contributed by atoms with Crippen molar-refractivity contribution in [2.45, 2.75) is 20.3 Å². The van der Waals surface area contributed by atoms with Crippen LogP contribution in [0.1, 0.15) is 19.7 Å². The van der Waals surface area contributed by atoms with Crippen LogP contribution in [0.15, 0.2) is 18.2 Å². The Bertz CT molecular complexity index is 490. The van der Waals surface area contributed by atoms with Crippen molar-refractivity contribution >= 4 is 28.5 Å². The highest BCUT2D eigenvalue weighted by Gasteiger charge is 2.03. The maximum absolute atomic E-state index is 5.74. The lowest BCUT2D eigenvalue weighted by atomic mass is 10.3. The number of imidazole rings is 1. The smallest absolute Gasteiger partial charge is 0.108 e. The van der Waals surface area contributed by atoms with Crippen LogP contribution in [-0.2, 0) is 6.42 Å². The van der Waals surface area contributed by atoms with E-state index in [0.29, 0.717) is 0 Å². The number of nitrogens with zero attached hydrogens (tertiary/aromatic N) is 1. The fraction of sp³-hybridized carbons (Fsp3) is 0.462. The predicted octanol–water partition coefficient (Wildman–Crippen LogP) is 3.08. The maximum Gasteiger partial charge on any atom is 0.108 e. The van der Waals surface area contributed by atoms with Crippen LogP contribution in [0.25, 0.3) is 11.0 Å². The predicted molar refractivity (Wildman–Crippen MR) is 76.4 cm³/mol. The van der Waals surface area contributed by atoms with Crippen molar-refractivity contribution < 1.29 is 0 Å². The van der Waals surface area contributed by atoms with Gasteiger partial charge in [0.25, 0.3) is 0 Å². The highest BCUT2D eigenvalue weighted by Crippen LogP contribution is 2.16. The molecule has 0 amide bonds. The normalized spacial score (nSPS) is 11.5. The first-order valence-corrected chi connectivity index (χ1v) is 7.12. The number of hydrogen-bond donors (Lipinski definition) is 2. The average Bonchev–Trinajstić information content (AvgIpc) is 2.66. The number of hydrogen-bond acceptors (Lipinski definition) is 3. The summed E-state index contributed by atoms with van der Waals surface area (Å²) in [4.78, 5) is 7.87. The van der Waals surface area contributed by atoms with Gasteiger partial charge in [0.15, 0.2) is 0 Å². The van der Waals surface area contributed by atoms with Gasteiger partial charge in [0.05, 0.1) is 11.0 Å². The van der Waals surface area contributed by atoms with Gasteiger partial charge >= 0.3 is 0 Å². The minimum atomic E-state index is 0.760. The van der Waals surface area contributed by atoms with E-state index < -0.39 is 0 Å². The number of fused-ring (bicyclic) bond motifs is 1. The first-order valence-electron chi connectivity index (χ1n) is 5.97. The van der Waals surface area contributed by atoms with E-state index in [4.69, 9.17) is 5.73 Å². The van der Waals surface area contributed by atoms with Crippen LogP contribution in [0.3, 0.4) is 0 Å². The third-order valence-electron chi connectivity index (χ3n) is 2.49. The van der Waals surface area contributed by atoms with Gasteiger partial charge in [-0.05, 0) is 29.9 Å². The molecule has 1 aromatic carbocycles. The molecular formula is C13H19N3S. The minimum Gasteiger partial charge on any atom is -0.399 e. The van der Waals surface area contributed by atoms with Crippen LogP contribution in [0.5, 0.6) is 0 Å². The molecule has 1 aromatic heterocycles. The molecule has 0 radical (unpaired) electrons. The second kappa shape index (κ2) is 5.45. The number of H-pyrrole nitrogens is 1. The molecule has 0 aliphatic carbocycles. The Balaban J connectivity index is 1.95. The highest BCUT2D eigenvalue weighted by atomic mass is 32.2. The van der Waals surface area contributed by atoms with E-state index in [2.05, 4.69) is 23.8 Å². The van der Waals surface area contributed by atoms with Crippen molar-refractivity contribution in [1.82, 2.24) is 9.97 Å². The highest BCUT2D eigenvalue weighted by molar-refractivity contribution is 7.99. The van der Waals surface area contributed by atoms with E-state index in [-0.39, 0.29) is 0 Å². The quantitative estimate of drug-likeness (QED) is 0.632. The number of nitrogens with two attached hydrogens (primary N) is 1. The summed E-state index contributed by atoms with van der Waals surface area (Å²) in [6.45, 7) is 4.49. The topological polar surface area (TPSA) is 54.7 Å². The van der Waals surface area contributed by atoms with Crippen molar-refractivity contribution in [3.8, 4) is 0 Å². The number of anilines is 1. The summed E-state index contributed by atoms with van der Waals surface area (Å²) < 4.78 is 0. The molecule has 0 bridgehead atoms. The molecule has 2 rings (SSSR count). The van der Waals surface area contributed by atoms with Crippen molar-refractivity contribution in [1.29, 1.82) is 0 Å². The monoisotopic (exact) mass is 249 g/mol. The molecule has 0 aliphatic rings. The lowest BCUT2D eigenvalue weighted by Crippen LogP contribution is -1.96. The third kappa shape index (κ3) is 3.40. The van der Waals surface area contributed by atoms with E-state index >= 15 is 0 Å². The van der Waals surface area contributed by atoms with Crippen molar-refractivity contribution in [3.63, 3.8) is 0 Å². The molecule has 4 heteroatoms. The summed E-state index contributed by atoms with van der Waals surface area (Å²) >= 11 is 1.98. The van der Waals surface area contributed by atoms with Crippen LogP contribution in [-0.4, -0.2) is 21.5 Å². The zero-order chi connectivity index (χ0) is 12.3. The maximum atomic E-state index is 5.74. The molecule has 3 N–H and O–H groups in total. The molecule has 0 fully saturated rings. The first kappa shape index (κ1) is 12.3. The largest absolute Gasteiger partial charge is 0.399 e. The van der Waals surface area contributed by atoms with Crippen LogP contribution in [0, 0.1) is 5.92 Å². The lowest BCUT2D eigenvalue weighted by molar-refractivity contribution is 0.750. The number of rotatable bonds is 5. The van der Waals surface area contributed by atoms with Gasteiger partial charge in [0, 0.05) is 17.9 Å². The third-order valence-corrected chi connectivity index (χ3v) is 3.88. The number of nitrogens with one attached hydrogen (secondary N) is 1. The number of aromatic amines is 1. The fourth-order valence-electron chi connectivity index (χ4n) is 1.69. The number of benzene rings is 1. The van der Waals surface area contributed by atoms with Crippen molar-refractivity contribution in [3.05, 3.63) is 24.0 Å². The van der Waals surface area contributed by atoms with Crippen molar-refractivity contribution in [2.24, 2.45) is 5.92 Å². The Hall–Kier alpha value is -1.16. The van der Waals surface area contributed by atoms with Crippen LogP contribution in [0.2, 0.25) is 0 Å². The first-order chi connectivity index (χ1) is 8.15. The van der Waals surface area contributed by atoms with Gasteiger partial charge in [0.2, 0.25) is 0 Å². The van der Waals surface area contributed by atoms with Gasteiger partial charge in [-0.1, -0.05) is 13.8 Å². The van der Waals surface area contributed by atoms with Gasteiger partial charge in [-0.15, -0.1) is 0 Å². The lowest BCUT2D eigenvalue weighted by Gasteiger charge is -2.02. The molecule has 0 saturated heterocycles. The Morgan fingerprint density at radius 2 is 2.24 bits per heavy atom. The van der Waals surface area contributed by atoms with Crippen LogP contribution < -0.4 is 5.73 Å². The zero-order valence-corrected chi connectivity index (χ0v) is 11.2. The molecular weight excluding hydrogens is 230 g/mol. The summed E-state index contributed by atoms with van der Waals surface area (Å²) in [6, 6.07) is 5.79. The summed E-state index contributed by atoms with van der Waals surface area (Å²) in [7, 11) is 0. The van der Waals surface area contributed by atoms with E-state index in [9.17, 15) is 0 Å². The van der Waals surface area contributed by atoms with Gasteiger partial charge < -0.3 is 10.7 Å². The number of nitrogen functional groups attached to an aromatic ring is 1. The standard InChI is InChI=1S/C13H19N3S/c1-9(2)8-17-6-5-13-15-11-4-3-10(14)7-12(11)16-13/h3-4,7,9H,5-6,8,14H2,1-2H3,(H,15,16). The number of aryl methyl sites for hydroxylation is 1. The van der Waals surface area contributed by atoms with Gasteiger partial charge in [-0.2, -0.15) is 11.8 Å².